The fourth-order valence-corrected chi connectivity index (χ4v) is 6.34. The zero-order valence-corrected chi connectivity index (χ0v) is 23.8. The van der Waals surface area contributed by atoms with Gasteiger partial charge in [0.2, 0.25) is 19.9 Å². The first-order valence-electron chi connectivity index (χ1n) is 14.1. The molecule has 13 nitrogen and oxygen atoms in total. The van der Waals surface area contributed by atoms with Crippen LogP contribution in [0.4, 0.5) is 0 Å². The van der Waals surface area contributed by atoms with Crippen LogP contribution in [0.5, 0.6) is 46.0 Å². The van der Waals surface area contributed by atoms with Crippen LogP contribution in [0.2, 0.25) is 0 Å². The van der Waals surface area contributed by atoms with Gasteiger partial charge in [-0.05, 0) is 30.3 Å². The molecular formula is C31H30O13. The minimum Gasteiger partial charge on any atom is -0.496 e. The van der Waals surface area contributed by atoms with Gasteiger partial charge in [-0.25, -0.2) is 0 Å². The summed E-state index contributed by atoms with van der Waals surface area (Å²) in [6, 6.07) is 13.8. The lowest BCUT2D eigenvalue weighted by atomic mass is 9.85. The van der Waals surface area contributed by atoms with Crippen molar-refractivity contribution in [2.24, 2.45) is 5.92 Å². The lowest BCUT2D eigenvalue weighted by Crippen LogP contribution is -2.51. The number of aliphatic hydroxyl groups is 2. The molecule has 44 heavy (non-hydrogen) atoms. The van der Waals surface area contributed by atoms with Gasteiger partial charge in [0.1, 0.15) is 18.1 Å². The topological polar surface area (TPSA) is 142 Å². The van der Waals surface area contributed by atoms with Crippen LogP contribution in [0.25, 0.3) is 0 Å². The SMILES string of the molecule is COC[C@@]1(O)Oc2cc([C@H]3OC[C@]4(O)[C@@H](Oc5ccc6c(c5)OCO6)OC[C@H]34)c(OC)cc2O[C@@H]1c1ccc2c(c1)OCO2. The Morgan fingerprint density at radius 2 is 1.57 bits per heavy atom. The molecule has 5 aliphatic rings. The molecule has 0 spiro atoms. The smallest absolute Gasteiger partial charge is 0.273 e. The van der Waals surface area contributed by atoms with Crippen molar-refractivity contribution in [3.8, 4) is 46.0 Å². The number of methoxy groups -OCH3 is 2. The molecule has 5 heterocycles. The molecule has 2 fully saturated rings. The van der Waals surface area contributed by atoms with Crippen LogP contribution >= 0.6 is 0 Å². The maximum Gasteiger partial charge on any atom is 0.273 e. The second-order valence-electron chi connectivity index (χ2n) is 11.2. The van der Waals surface area contributed by atoms with Gasteiger partial charge in [-0.2, -0.15) is 0 Å². The zero-order valence-electron chi connectivity index (χ0n) is 23.8. The fourth-order valence-electron chi connectivity index (χ4n) is 6.34. The van der Waals surface area contributed by atoms with Crippen LogP contribution in [0.1, 0.15) is 23.3 Å². The normalized spacial score (nSPS) is 30.7. The first kappa shape index (κ1) is 27.4. The Kier molecular flexibility index (Phi) is 6.36. The van der Waals surface area contributed by atoms with E-state index in [1.807, 2.05) is 0 Å². The maximum absolute atomic E-state index is 11.8. The van der Waals surface area contributed by atoms with E-state index in [0.29, 0.717) is 51.4 Å². The summed E-state index contributed by atoms with van der Waals surface area (Å²) in [6.07, 6.45) is -2.60. The number of hydrogen-bond donors (Lipinski definition) is 2. The lowest BCUT2D eigenvalue weighted by Gasteiger charge is -2.40. The monoisotopic (exact) mass is 610 g/mol. The van der Waals surface area contributed by atoms with E-state index >= 15 is 0 Å². The molecule has 0 radical (unpaired) electrons. The molecule has 0 amide bonds. The standard InChI is InChI=1S/C31H30O13/c1-34-13-31(33)28(16-3-5-20-23(7-16)40-14-38-20)43-25-10-22(35-2)18(9-26(25)44-31)27-19-11-36-29(30(19,32)12-37-27)42-17-4-6-21-24(8-17)41-15-39-21/h3-10,19,27-29,32-33H,11-15H2,1-2H3/t19-,27-,28-,29-,30-,31-/m1/s1. The summed E-state index contributed by atoms with van der Waals surface area (Å²) in [5, 5.41) is 23.4. The average Bonchev–Trinajstić information content (AvgIpc) is 3.81. The van der Waals surface area contributed by atoms with Gasteiger partial charge < -0.3 is 62.3 Å². The van der Waals surface area contributed by atoms with Crippen LogP contribution in [-0.2, 0) is 14.2 Å². The first-order chi connectivity index (χ1) is 21.4. The Balaban J connectivity index is 1.08. The molecule has 13 heteroatoms. The first-order valence-corrected chi connectivity index (χ1v) is 14.1. The molecule has 5 aliphatic heterocycles. The van der Waals surface area contributed by atoms with Crippen molar-refractivity contribution >= 4 is 0 Å². The summed E-state index contributed by atoms with van der Waals surface area (Å²) in [5.41, 5.74) is -0.270. The van der Waals surface area contributed by atoms with Gasteiger partial charge in [-0.3, -0.25) is 0 Å². The molecule has 0 aromatic heterocycles. The maximum atomic E-state index is 11.8. The zero-order chi connectivity index (χ0) is 30.1. The molecule has 0 aliphatic carbocycles. The third-order valence-corrected chi connectivity index (χ3v) is 8.52. The molecule has 0 saturated carbocycles. The number of fused-ring (bicyclic) bond motifs is 4. The van der Waals surface area contributed by atoms with E-state index in [1.54, 1.807) is 48.5 Å². The van der Waals surface area contributed by atoms with E-state index in [9.17, 15) is 10.2 Å². The Labute approximate surface area is 251 Å². The minimum atomic E-state index is -1.89. The molecule has 232 valence electrons. The number of hydrogen-bond acceptors (Lipinski definition) is 13. The van der Waals surface area contributed by atoms with Gasteiger partial charge in [0.05, 0.1) is 32.3 Å². The summed E-state index contributed by atoms with van der Waals surface area (Å²) < 4.78 is 63.6. The predicted molar refractivity (Wildman–Crippen MR) is 146 cm³/mol. The van der Waals surface area contributed by atoms with E-state index in [2.05, 4.69) is 0 Å². The van der Waals surface area contributed by atoms with Crippen LogP contribution < -0.4 is 37.9 Å². The van der Waals surface area contributed by atoms with E-state index < -0.39 is 35.8 Å². The molecule has 8 rings (SSSR count). The lowest BCUT2D eigenvalue weighted by molar-refractivity contribution is -0.239. The Bertz CT molecular complexity index is 1590. The second kappa shape index (κ2) is 10.2. The highest BCUT2D eigenvalue weighted by Crippen LogP contribution is 2.54. The molecule has 3 aromatic rings. The predicted octanol–water partition coefficient (Wildman–Crippen LogP) is 2.85. The number of ether oxygens (including phenoxy) is 11. The van der Waals surface area contributed by atoms with Crippen molar-refractivity contribution in [3.63, 3.8) is 0 Å². The summed E-state index contributed by atoms with van der Waals surface area (Å²) in [6.45, 7) is 0.172. The summed E-state index contributed by atoms with van der Waals surface area (Å²) in [5.74, 6) is 1.42. The molecular weight excluding hydrogens is 580 g/mol. The third kappa shape index (κ3) is 4.26. The van der Waals surface area contributed by atoms with Gasteiger partial charge in [0.25, 0.3) is 5.79 Å². The van der Waals surface area contributed by atoms with E-state index in [0.717, 1.165) is 0 Å². The molecule has 6 atom stereocenters. The molecule has 0 bridgehead atoms. The van der Waals surface area contributed by atoms with Gasteiger partial charge in [0, 0.05) is 30.4 Å². The van der Waals surface area contributed by atoms with Crippen molar-refractivity contribution in [2.45, 2.75) is 29.9 Å². The van der Waals surface area contributed by atoms with Crippen LogP contribution in [-0.4, -0.2) is 75.5 Å². The minimum absolute atomic E-state index is 0.0467. The quantitative estimate of drug-likeness (QED) is 0.405. The summed E-state index contributed by atoms with van der Waals surface area (Å²) in [7, 11) is 2.99. The van der Waals surface area contributed by atoms with Crippen LogP contribution in [0.3, 0.4) is 0 Å². The molecule has 0 unspecified atom stereocenters. The van der Waals surface area contributed by atoms with E-state index in [1.165, 1.54) is 14.2 Å². The highest BCUT2D eigenvalue weighted by molar-refractivity contribution is 5.54. The Morgan fingerprint density at radius 3 is 2.34 bits per heavy atom. The summed E-state index contributed by atoms with van der Waals surface area (Å²) in [4.78, 5) is 0. The van der Waals surface area contributed by atoms with Crippen molar-refractivity contribution in [2.75, 3.05) is 47.6 Å². The van der Waals surface area contributed by atoms with Crippen molar-refractivity contribution < 1.29 is 62.3 Å². The van der Waals surface area contributed by atoms with Gasteiger partial charge >= 0.3 is 0 Å². The summed E-state index contributed by atoms with van der Waals surface area (Å²) >= 11 is 0. The second-order valence-corrected chi connectivity index (χ2v) is 11.2. The van der Waals surface area contributed by atoms with Gasteiger partial charge in [-0.15, -0.1) is 0 Å². The van der Waals surface area contributed by atoms with Crippen LogP contribution in [0, 0.1) is 5.92 Å². The Morgan fingerprint density at radius 1 is 0.818 bits per heavy atom. The van der Waals surface area contributed by atoms with Crippen LogP contribution in [0.15, 0.2) is 48.5 Å². The fraction of sp³-hybridized carbons (Fsp3) is 0.419. The van der Waals surface area contributed by atoms with Crippen molar-refractivity contribution in [3.05, 3.63) is 59.7 Å². The molecule has 3 aromatic carbocycles. The Hall–Kier alpha value is -4.14. The van der Waals surface area contributed by atoms with Gasteiger partial charge in [0.15, 0.2) is 46.2 Å². The average molecular weight is 611 g/mol. The third-order valence-electron chi connectivity index (χ3n) is 8.52. The van der Waals surface area contributed by atoms with Crippen molar-refractivity contribution in [1.82, 2.24) is 0 Å². The van der Waals surface area contributed by atoms with Crippen molar-refractivity contribution in [1.29, 1.82) is 0 Å². The molecule has 2 N–H and O–H groups in total. The largest absolute Gasteiger partial charge is 0.496 e. The van der Waals surface area contributed by atoms with E-state index in [4.69, 9.17) is 52.1 Å². The van der Waals surface area contributed by atoms with Gasteiger partial charge in [-0.1, -0.05) is 6.07 Å². The van der Waals surface area contributed by atoms with E-state index in [-0.39, 0.29) is 39.2 Å². The number of benzene rings is 3. The highest BCUT2D eigenvalue weighted by atomic mass is 16.7. The molecule has 2 saturated heterocycles. The number of rotatable bonds is 7. The highest BCUT2D eigenvalue weighted by Gasteiger charge is 2.61.